The Labute approximate surface area is 110 Å². The number of likely N-dealkylation sites (N-methyl/N-ethyl adjacent to an activating group) is 1. The van der Waals surface area contributed by atoms with E-state index >= 15 is 0 Å². The lowest BCUT2D eigenvalue weighted by molar-refractivity contribution is 0.0708. The summed E-state index contributed by atoms with van der Waals surface area (Å²) in [5, 5.41) is 11.2. The number of thiophene rings is 1. The van der Waals surface area contributed by atoms with Crippen molar-refractivity contribution in [1.82, 2.24) is 9.47 Å². The van der Waals surface area contributed by atoms with E-state index in [4.69, 9.17) is 0 Å². The van der Waals surface area contributed by atoms with Gasteiger partial charge in [-0.05, 0) is 30.5 Å². The lowest BCUT2D eigenvalue weighted by Crippen LogP contribution is -2.33. The molecule has 0 radical (unpaired) electrons. The second kappa shape index (κ2) is 5.37. The monoisotopic (exact) mass is 264 g/mol. The van der Waals surface area contributed by atoms with E-state index in [0.717, 1.165) is 5.69 Å². The molecular formula is C13H16N2O2S. The first kappa shape index (κ1) is 12.9. The van der Waals surface area contributed by atoms with Crippen molar-refractivity contribution in [1.29, 1.82) is 0 Å². The van der Waals surface area contributed by atoms with Gasteiger partial charge in [-0.15, -0.1) is 11.3 Å². The Bertz CT molecular complexity index is 517. The van der Waals surface area contributed by atoms with Crippen LogP contribution in [0.25, 0.3) is 5.69 Å². The molecule has 0 saturated carbocycles. The summed E-state index contributed by atoms with van der Waals surface area (Å²) in [7, 11) is 1.70. The van der Waals surface area contributed by atoms with Gasteiger partial charge in [-0.3, -0.25) is 4.79 Å². The maximum Gasteiger partial charge on any atom is 0.265 e. The van der Waals surface area contributed by atoms with Gasteiger partial charge in [0.1, 0.15) is 4.88 Å². The largest absolute Gasteiger partial charge is 0.392 e. The maximum absolute atomic E-state index is 12.3. The number of rotatable bonds is 4. The summed E-state index contributed by atoms with van der Waals surface area (Å²) in [5.74, 6) is -0.0606. The Hall–Kier alpha value is -1.59. The fourth-order valence-electron chi connectivity index (χ4n) is 1.81. The summed E-state index contributed by atoms with van der Waals surface area (Å²) >= 11 is 1.42. The molecule has 0 saturated heterocycles. The molecule has 0 aromatic carbocycles. The van der Waals surface area contributed by atoms with E-state index in [1.807, 2.05) is 40.5 Å². The summed E-state index contributed by atoms with van der Waals surface area (Å²) in [6.07, 6.45) is 3.30. The van der Waals surface area contributed by atoms with E-state index in [1.54, 1.807) is 18.9 Å². The van der Waals surface area contributed by atoms with Crippen LogP contribution in [0, 0.1) is 0 Å². The molecule has 18 heavy (non-hydrogen) atoms. The van der Waals surface area contributed by atoms with Crippen LogP contribution < -0.4 is 0 Å². The zero-order valence-corrected chi connectivity index (χ0v) is 11.2. The smallest absolute Gasteiger partial charge is 0.265 e. The minimum absolute atomic E-state index is 0.0606. The molecule has 0 aliphatic heterocycles. The van der Waals surface area contributed by atoms with Crippen LogP contribution in [0.5, 0.6) is 0 Å². The lowest BCUT2D eigenvalue weighted by atomic mass is 10.3. The van der Waals surface area contributed by atoms with Crippen molar-refractivity contribution in [2.24, 2.45) is 0 Å². The Morgan fingerprint density at radius 1 is 1.50 bits per heavy atom. The van der Waals surface area contributed by atoms with Crippen LogP contribution in [0.3, 0.4) is 0 Å². The lowest BCUT2D eigenvalue weighted by Gasteiger charge is -2.18. The van der Waals surface area contributed by atoms with E-state index in [1.165, 1.54) is 11.3 Å². The SMILES string of the molecule is CC(O)CN(C)C(=O)c1sccc1-n1cccc1. The van der Waals surface area contributed by atoms with Crippen molar-refractivity contribution in [3.63, 3.8) is 0 Å². The van der Waals surface area contributed by atoms with Gasteiger partial charge in [0.2, 0.25) is 0 Å². The van der Waals surface area contributed by atoms with E-state index < -0.39 is 6.10 Å². The average molecular weight is 264 g/mol. The molecule has 0 fully saturated rings. The van der Waals surface area contributed by atoms with Crippen LogP contribution in [0.1, 0.15) is 16.6 Å². The molecule has 96 valence electrons. The van der Waals surface area contributed by atoms with E-state index in [2.05, 4.69) is 0 Å². The number of hydrogen-bond donors (Lipinski definition) is 1. The summed E-state index contributed by atoms with van der Waals surface area (Å²) in [5.41, 5.74) is 0.882. The summed E-state index contributed by atoms with van der Waals surface area (Å²) < 4.78 is 1.92. The van der Waals surface area contributed by atoms with Crippen LogP contribution in [0.15, 0.2) is 36.0 Å². The molecule has 2 aromatic heterocycles. The van der Waals surface area contributed by atoms with Crippen molar-refractivity contribution < 1.29 is 9.90 Å². The Kier molecular flexibility index (Phi) is 3.84. The molecule has 1 unspecified atom stereocenters. The van der Waals surface area contributed by atoms with Gasteiger partial charge in [0.25, 0.3) is 5.91 Å². The Morgan fingerprint density at radius 3 is 2.78 bits per heavy atom. The Balaban J connectivity index is 2.24. The third-order valence-corrected chi connectivity index (χ3v) is 3.50. The third-order valence-electron chi connectivity index (χ3n) is 2.61. The van der Waals surface area contributed by atoms with Gasteiger partial charge in [-0.2, -0.15) is 0 Å². The molecule has 4 nitrogen and oxygen atoms in total. The quantitative estimate of drug-likeness (QED) is 0.918. The predicted octanol–water partition coefficient (Wildman–Crippen LogP) is 1.99. The highest BCUT2D eigenvalue weighted by molar-refractivity contribution is 7.12. The van der Waals surface area contributed by atoms with Crippen molar-refractivity contribution in [2.45, 2.75) is 13.0 Å². The van der Waals surface area contributed by atoms with E-state index in [0.29, 0.717) is 11.4 Å². The second-order valence-electron chi connectivity index (χ2n) is 4.26. The minimum atomic E-state index is -0.519. The Morgan fingerprint density at radius 2 is 2.17 bits per heavy atom. The van der Waals surface area contributed by atoms with Gasteiger partial charge >= 0.3 is 0 Å². The van der Waals surface area contributed by atoms with Crippen LogP contribution in [-0.4, -0.2) is 40.2 Å². The van der Waals surface area contributed by atoms with Crippen molar-refractivity contribution in [2.75, 3.05) is 13.6 Å². The fourth-order valence-corrected chi connectivity index (χ4v) is 2.70. The highest BCUT2D eigenvalue weighted by Gasteiger charge is 2.19. The first-order valence-corrected chi connectivity index (χ1v) is 6.62. The average Bonchev–Trinajstić information content (AvgIpc) is 2.97. The molecule has 0 bridgehead atoms. The zero-order valence-electron chi connectivity index (χ0n) is 10.4. The highest BCUT2D eigenvalue weighted by Crippen LogP contribution is 2.22. The van der Waals surface area contributed by atoms with Crippen LogP contribution in [0.4, 0.5) is 0 Å². The molecular weight excluding hydrogens is 248 g/mol. The first-order valence-electron chi connectivity index (χ1n) is 5.74. The molecule has 5 heteroatoms. The molecule has 0 aliphatic rings. The van der Waals surface area contributed by atoms with Crippen molar-refractivity contribution in [3.05, 3.63) is 40.8 Å². The van der Waals surface area contributed by atoms with Gasteiger partial charge in [0.05, 0.1) is 11.8 Å². The van der Waals surface area contributed by atoms with Gasteiger partial charge in [-0.25, -0.2) is 0 Å². The normalized spacial score (nSPS) is 12.4. The van der Waals surface area contributed by atoms with Crippen LogP contribution in [-0.2, 0) is 0 Å². The minimum Gasteiger partial charge on any atom is -0.392 e. The van der Waals surface area contributed by atoms with Crippen molar-refractivity contribution in [3.8, 4) is 5.69 Å². The standard InChI is InChI=1S/C13H16N2O2S/c1-10(16)9-14(2)13(17)12-11(5-8-18-12)15-6-3-4-7-15/h3-8,10,16H,9H2,1-2H3. The van der Waals surface area contributed by atoms with Crippen LogP contribution in [0.2, 0.25) is 0 Å². The topological polar surface area (TPSA) is 45.5 Å². The number of hydrogen-bond acceptors (Lipinski definition) is 3. The third kappa shape index (κ3) is 2.63. The number of aromatic nitrogens is 1. The molecule has 2 aromatic rings. The molecule has 0 spiro atoms. The maximum atomic E-state index is 12.3. The summed E-state index contributed by atoms with van der Waals surface area (Å²) in [4.78, 5) is 14.5. The number of carbonyl (C=O) groups excluding carboxylic acids is 1. The fraction of sp³-hybridized carbons (Fsp3) is 0.308. The number of aliphatic hydroxyl groups excluding tert-OH is 1. The van der Waals surface area contributed by atoms with E-state index in [9.17, 15) is 9.90 Å². The first-order chi connectivity index (χ1) is 8.59. The van der Waals surface area contributed by atoms with Gasteiger partial charge < -0.3 is 14.6 Å². The summed E-state index contributed by atoms with van der Waals surface area (Å²) in [6, 6.07) is 5.77. The van der Waals surface area contributed by atoms with Gasteiger partial charge in [-0.1, -0.05) is 0 Å². The number of nitrogens with zero attached hydrogens (tertiary/aromatic N) is 2. The molecule has 2 heterocycles. The number of amides is 1. The summed E-state index contributed by atoms with van der Waals surface area (Å²) in [6.45, 7) is 2.01. The molecule has 1 N–H and O–H groups in total. The highest BCUT2D eigenvalue weighted by atomic mass is 32.1. The van der Waals surface area contributed by atoms with Gasteiger partial charge in [0.15, 0.2) is 0 Å². The predicted molar refractivity (Wildman–Crippen MR) is 72.3 cm³/mol. The number of carbonyl (C=O) groups is 1. The molecule has 1 atom stereocenters. The molecule has 1 amide bonds. The van der Waals surface area contributed by atoms with Gasteiger partial charge in [0, 0.05) is 26.0 Å². The van der Waals surface area contributed by atoms with E-state index in [-0.39, 0.29) is 5.91 Å². The molecule has 0 aliphatic carbocycles. The van der Waals surface area contributed by atoms with Crippen molar-refractivity contribution >= 4 is 17.2 Å². The number of aliphatic hydroxyl groups is 1. The molecule has 2 rings (SSSR count). The zero-order chi connectivity index (χ0) is 13.1. The van der Waals surface area contributed by atoms with Crippen LogP contribution >= 0.6 is 11.3 Å². The second-order valence-corrected chi connectivity index (χ2v) is 5.18.